The van der Waals surface area contributed by atoms with Crippen molar-refractivity contribution in [1.29, 1.82) is 5.26 Å². The van der Waals surface area contributed by atoms with Gasteiger partial charge in [-0.15, -0.1) is 0 Å². The summed E-state index contributed by atoms with van der Waals surface area (Å²) in [5.74, 6) is 0.645. The second-order valence-corrected chi connectivity index (χ2v) is 7.71. The van der Waals surface area contributed by atoms with Crippen molar-refractivity contribution in [1.82, 2.24) is 4.98 Å². The third-order valence-corrected chi connectivity index (χ3v) is 5.57. The molecule has 24 heavy (non-hydrogen) atoms. The highest BCUT2D eigenvalue weighted by atomic mass is 79.9. The molecule has 0 bridgehead atoms. The molecule has 1 aromatic heterocycles. The SMILES string of the molecule is COc1cc2c(cc1C#N)Cc1c([nH]c3cc(Br)ccc13)C2(C)C. The molecule has 1 aliphatic rings. The molecule has 0 unspecified atom stereocenters. The van der Waals surface area contributed by atoms with Gasteiger partial charge in [0.05, 0.1) is 12.7 Å². The highest BCUT2D eigenvalue weighted by molar-refractivity contribution is 9.10. The number of aromatic nitrogens is 1. The molecule has 4 heteroatoms. The fourth-order valence-electron chi connectivity index (χ4n) is 3.88. The second-order valence-electron chi connectivity index (χ2n) is 6.79. The minimum Gasteiger partial charge on any atom is -0.495 e. The number of fused-ring (bicyclic) bond motifs is 4. The van der Waals surface area contributed by atoms with Gasteiger partial charge in [-0.25, -0.2) is 0 Å². The van der Waals surface area contributed by atoms with Gasteiger partial charge < -0.3 is 9.72 Å². The van der Waals surface area contributed by atoms with E-state index in [1.807, 2.05) is 12.1 Å². The van der Waals surface area contributed by atoms with Crippen molar-refractivity contribution in [3.05, 3.63) is 62.8 Å². The van der Waals surface area contributed by atoms with Crippen molar-refractivity contribution < 1.29 is 4.74 Å². The van der Waals surface area contributed by atoms with Gasteiger partial charge >= 0.3 is 0 Å². The van der Waals surface area contributed by atoms with Crippen molar-refractivity contribution in [2.24, 2.45) is 0 Å². The van der Waals surface area contributed by atoms with Crippen LogP contribution in [0.2, 0.25) is 0 Å². The van der Waals surface area contributed by atoms with E-state index in [2.05, 4.69) is 59.0 Å². The Balaban J connectivity index is 2.01. The maximum atomic E-state index is 9.40. The third kappa shape index (κ3) is 2.01. The van der Waals surface area contributed by atoms with Crippen LogP contribution >= 0.6 is 15.9 Å². The monoisotopic (exact) mass is 380 g/mol. The van der Waals surface area contributed by atoms with Gasteiger partial charge in [0.2, 0.25) is 0 Å². The van der Waals surface area contributed by atoms with E-state index in [4.69, 9.17) is 4.74 Å². The van der Waals surface area contributed by atoms with Crippen molar-refractivity contribution in [3.8, 4) is 11.8 Å². The molecule has 0 aliphatic heterocycles. The van der Waals surface area contributed by atoms with E-state index < -0.39 is 0 Å². The molecule has 4 rings (SSSR count). The largest absolute Gasteiger partial charge is 0.495 e. The smallest absolute Gasteiger partial charge is 0.136 e. The van der Waals surface area contributed by atoms with Crippen molar-refractivity contribution >= 4 is 26.8 Å². The van der Waals surface area contributed by atoms with Gasteiger partial charge in [-0.1, -0.05) is 35.8 Å². The molecule has 0 saturated heterocycles. The van der Waals surface area contributed by atoms with Gasteiger partial charge in [0.15, 0.2) is 0 Å². The van der Waals surface area contributed by atoms with Crippen molar-refractivity contribution in [2.75, 3.05) is 7.11 Å². The number of nitriles is 1. The van der Waals surface area contributed by atoms with E-state index in [1.165, 1.54) is 27.8 Å². The molecule has 2 aromatic carbocycles. The molecule has 0 fully saturated rings. The van der Waals surface area contributed by atoms with Gasteiger partial charge in [0, 0.05) is 32.9 Å². The summed E-state index contributed by atoms with van der Waals surface area (Å²) >= 11 is 3.55. The zero-order valence-corrected chi connectivity index (χ0v) is 15.4. The van der Waals surface area contributed by atoms with Crippen LogP contribution in [-0.4, -0.2) is 12.1 Å². The number of nitrogens with one attached hydrogen (secondary N) is 1. The fourth-order valence-corrected chi connectivity index (χ4v) is 4.24. The topological polar surface area (TPSA) is 48.8 Å². The zero-order chi connectivity index (χ0) is 17.1. The van der Waals surface area contributed by atoms with Crippen LogP contribution in [0.15, 0.2) is 34.8 Å². The molecule has 0 atom stereocenters. The molecule has 120 valence electrons. The molecule has 3 nitrogen and oxygen atoms in total. The number of H-pyrrole nitrogens is 1. The highest BCUT2D eigenvalue weighted by Crippen LogP contribution is 2.45. The molecule has 0 radical (unpaired) electrons. The number of aromatic amines is 1. The number of benzene rings is 2. The Labute approximate surface area is 149 Å². The summed E-state index contributed by atoms with van der Waals surface area (Å²) in [7, 11) is 1.62. The van der Waals surface area contributed by atoms with Crippen LogP contribution in [0.3, 0.4) is 0 Å². The van der Waals surface area contributed by atoms with E-state index in [0.717, 1.165) is 16.4 Å². The Kier molecular flexibility index (Phi) is 3.26. The molecule has 3 aromatic rings. The lowest BCUT2D eigenvalue weighted by molar-refractivity contribution is 0.411. The molecule has 1 heterocycles. The summed E-state index contributed by atoms with van der Waals surface area (Å²) < 4.78 is 6.49. The summed E-state index contributed by atoms with van der Waals surface area (Å²) in [5.41, 5.74) is 6.56. The van der Waals surface area contributed by atoms with E-state index in [0.29, 0.717) is 11.3 Å². The summed E-state index contributed by atoms with van der Waals surface area (Å²) in [6, 6.07) is 12.6. The van der Waals surface area contributed by atoms with Crippen molar-refractivity contribution in [3.63, 3.8) is 0 Å². The number of ether oxygens (including phenoxy) is 1. The summed E-state index contributed by atoms with van der Waals surface area (Å²) in [6.45, 7) is 4.44. The Hall–Kier alpha value is -2.25. The van der Waals surface area contributed by atoms with Gasteiger partial charge in [0.1, 0.15) is 11.8 Å². The normalized spacial score (nSPS) is 14.8. The van der Waals surface area contributed by atoms with Crippen molar-refractivity contribution in [2.45, 2.75) is 25.7 Å². The van der Waals surface area contributed by atoms with Crippen LogP contribution in [0.4, 0.5) is 0 Å². The average molecular weight is 381 g/mol. The number of nitrogens with zero attached hydrogens (tertiary/aromatic N) is 1. The van der Waals surface area contributed by atoms with Crippen LogP contribution in [0.25, 0.3) is 10.9 Å². The van der Waals surface area contributed by atoms with Gasteiger partial charge in [-0.3, -0.25) is 0 Å². The number of hydrogen-bond donors (Lipinski definition) is 1. The fraction of sp³-hybridized carbons (Fsp3) is 0.250. The third-order valence-electron chi connectivity index (χ3n) is 5.08. The lowest BCUT2D eigenvalue weighted by atomic mass is 9.71. The summed E-state index contributed by atoms with van der Waals surface area (Å²) in [5, 5.41) is 10.6. The van der Waals surface area contributed by atoms with Crippen LogP contribution in [0, 0.1) is 11.3 Å². The van der Waals surface area contributed by atoms with Crippen LogP contribution < -0.4 is 4.74 Å². The number of halogens is 1. The Morgan fingerprint density at radius 2 is 2.04 bits per heavy atom. The lowest BCUT2D eigenvalue weighted by Crippen LogP contribution is -2.27. The van der Waals surface area contributed by atoms with Gasteiger partial charge in [0.25, 0.3) is 0 Å². The molecule has 0 spiro atoms. The number of methoxy groups -OCH3 is 1. The second kappa shape index (κ2) is 5.12. The van der Waals surface area contributed by atoms with Crippen LogP contribution in [0.1, 0.15) is 41.8 Å². The molecular weight excluding hydrogens is 364 g/mol. The number of hydrogen-bond acceptors (Lipinski definition) is 2. The standard InChI is InChI=1S/C20H17BrN2O/c1-20(2)16-9-18(24-3)12(10-22)6-11(16)7-15-14-5-4-13(21)8-17(14)23-19(15)20/h4-6,8-9,23H,7H2,1-3H3. The first-order valence-electron chi connectivity index (χ1n) is 7.87. The van der Waals surface area contributed by atoms with Crippen LogP contribution in [-0.2, 0) is 11.8 Å². The van der Waals surface area contributed by atoms with Gasteiger partial charge in [-0.2, -0.15) is 5.26 Å². The first-order chi connectivity index (χ1) is 11.5. The van der Waals surface area contributed by atoms with Gasteiger partial charge in [-0.05, 0) is 41.0 Å². The van der Waals surface area contributed by atoms with E-state index in [1.54, 1.807) is 7.11 Å². The Morgan fingerprint density at radius 1 is 1.25 bits per heavy atom. The molecule has 0 saturated carbocycles. The molecule has 1 N–H and O–H groups in total. The quantitative estimate of drug-likeness (QED) is 0.642. The maximum absolute atomic E-state index is 9.40. The molecule has 0 amide bonds. The lowest BCUT2D eigenvalue weighted by Gasteiger charge is -2.33. The minimum atomic E-state index is -0.171. The van der Waals surface area contributed by atoms with E-state index >= 15 is 0 Å². The first kappa shape index (κ1) is 15.3. The first-order valence-corrected chi connectivity index (χ1v) is 8.67. The molecular formula is C20H17BrN2O. The average Bonchev–Trinajstić information content (AvgIpc) is 2.92. The van der Waals surface area contributed by atoms with E-state index in [9.17, 15) is 5.26 Å². The number of rotatable bonds is 1. The maximum Gasteiger partial charge on any atom is 0.136 e. The minimum absolute atomic E-state index is 0.171. The predicted molar refractivity (Wildman–Crippen MR) is 98.6 cm³/mol. The summed E-state index contributed by atoms with van der Waals surface area (Å²) in [4.78, 5) is 3.62. The van der Waals surface area contributed by atoms with Crippen LogP contribution in [0.5, 0.6) is 5.75 Å². The van der Waals surface area contributed by atoms with E-state index in [-0.39, 0.29) is 5.41 Å². The zero-order valence-electron chi connectivity index (χ0n) is 13.8. The summed E-state index contributed by atoms with van der Waals surface area (Å²) in [6.07, 6.45) is 0.828. The predicted octanol–water partition coefficient (Wildman–Crippen LogP) is 5.04. The Morgan fingerprint density at radius 3 is 2.75 bits per heavy atom. The molecule has 1 aliphatic carbocycles. The Bertz CT molecular complexity index is 1020. The highest BCUT2D eigenvalue weighted by Gasteiger charge is 2.36.